The van der Waals surface area contributed by atoms with Crippen LogP contribution in [-0.4, -0.2) is 0 Å². The van der Waals surface area contributed by atoms with Gasteiger partial charge in [0.15, 0.2) is 0 Å². The van der Waals surface area contributed by atoms with E-state index in [9.17, 15) is 8.78 Å². The molecule has 0 nitrogen and oxygen atoms in total. The van der Waals surface area contributed by atoms with Gasteiger partial charge < -0.3 is 0 Å². The molecule has 2 aromatic rings. The van der Waals surface area contributed by atoms with Crippen molar-refractivity contribution in [1.82, 2.24) is 0 Å². The summed E-state index contributed by atoms with van der Waals surface area (Å²) < 4.78 is 26.1. The molecule has 0 aromatic heterocycles. The minimum atomic E-state index is -0.285. The van der Waals surface area contributed by atoms with Crippen molar-refractivity contribution in [1.29, 1.82) is 0 Å². The quantitative estimate of drug-likeness (QED) is 0.701. The van der Waals surface area contributed by atoms with Gasteiger partial charge >= 0.3 is 0 Å². The zero-order chi connectivity index (χ0) is 13.1. The Morgan fingerprint density at radius 3 is 2.44 bits per heavy atom. The molecule has 0 aliphatic carbocycles. The van der Waals surface area contributed by atoms with E-state index in [1.54, 1.807) is 12.1 Å². The van der Waals surface area contributed by atoms with E-state index in [4.69, 9.17) is 11.6 Å². The van der Waals surface area contributed by atoms with Crippen molar-refractivity contribution >= 4 is 11.6 Å². The molecule has 0 fully saturated rings. The standard InChI is InChI=1S/C15H13ClF2/c1-10-7-13(18)5-6-14(10)15(16)9-11-3-2-4-12(17)8-11/h2-8,15H,9H2,1H3. The molecule has 0 bridgehead atoms. The monoisotopic (exact) mass is 266 g/mol. The lowest BCUT2D eigenvalue weighted by Gasteiger charge is -2.13. The van der Waals surface area contributed by atoms with Crippen molar-refractivity contribution in [2.24, 2.45) is 0 Å². The van der Waals surface area contributed by atoms with Gasteiger partial charge in [0.25, 0.3) is 0 Å². The molecule has 0 N–H and O–H groups in total. The summed E-state index contributed by atoms with van der Waals surface area (Å²) in [4.78, 5) is 0. The maximum Gasteiger partial charge on any atom is 0.123 e. The third kappa shape index (κ3) is 3.08. The zero-order valence-electron chi connectivity index (χ0n) is 9.96. The summed E-state index contributed by atoms with van der Waals surface area (Å²) in [7, 11) is 0. The lowest BCUT2D eigenvalue weighted by molar-refractivity contribution is 0.624. The first-order chi connectivity index (χ1) is 8.56. The van der Waals surface area contributed by atoms with Crippen LogP contribution in [-0.2, 0) is 6.42 Å². The Balaban J connectivity index is 2.19. The van der Waals surface area contributed by atoms with Gasteiger partial charge in [0.1, 0.15) is 11.6 Å². The molecule has 3 heteroatoms. The van der Waals surface area contributed by atoms with E-state index < -0.39 is 0 Å². The summed E-state index contributed by atoms with van der Waals surface area (Å²) in [5, 5.41) is -0.285. The van der Waals surface area contributed by atoms with Crippen LogP contribution in [0.3, 0.4) is 0 Å². The van der Waals surface area contributed by atoms with E-state index in [2.05, 4.69) is 0 Å². The van der Waals surface area contributed by atoms with E-state index >= 15 is 0 Å². The molecule has 0 spiro atoms. The smallest absolute Gasteiger partial charge is 0.123 e. The lowest BCUT2D eigenvalue weighted by atomic mass is 10.00. The predicted octanol–water partition coefficient (Wildman–Crippen LogP) is 4.80. The molecule has 0 saturated carbocycles. The first kappa shape index (κ1) is 13.0. The number of aryl methyl sites for hydroxylation is 1. The van der Waals surface area contributed by atoms with Gasteiger partial charge in [0, 0.05) is 0 Å². The highest BCUT2D eigenvalue weighted by molar-refractivity contribution is 6.21. The fourth-order valence-corrected chi connectivity index (χ4v) is 2.39. The topological polar surface area (TPSA) is 0 Å². The summed E-state index contributed by atoms with van der Waals surface area (Å²) in [6.45, 7) is 1.82. The second-order valence-electron chi connectivity index (χ2n) is 4.30. The van der Waals surface area contributed by atoms with Crippen LogP contribution in [0.1, 0.15) is 22.1 Å². The summed E-state index contributed by atoms with van der Waals surface area (Å²) in [6.07, 6.45) is 0.520. The molecule has 2 rings (SSSR count). The second-order valence-corrected chi connectivity index (χ2v) is 4.83. The Hall–Kier alpha value is -1.41. The molecule has 0 radical (unpaired) electrons. The number of rotatable bonds is 3. The van der Waals surface area contributed by atoms with E-state index in [1.807, 2.05) is 13.0 Å². The maximum absolute atomic E-state index is 13.1. The Kier molecular flexibility index (Phi) is 3.97. The number of alkyl halides is 1. The number of hydrogen-bond donors (Lipinski definition) is 0. The minimum absolute atomic E-state index is 0.271. The van der Waals surface area contributed by atoms with Crippen molar-refractivity contribution in [2.75, 3.05) is 0 Å². The molecule has 1 unspecified atom stereocenters. The average molecular weight is 267 g/mol. The van der Waals surface area contributed by atoms with Gasteiger partial charge in [-0.05, 0) is 54.3 Å². The van der Waals surface area contributed by atoms with Gasteiger partial charge in [-0.25, -0.2) is 8.78 Å². The predicted molar refractivity (Wildman–Crippen MR) is 69.8 cm³/mol. The van der Waals surface area contributed by atoms with E-state index in [0.717, 1.165) is 16.7 Å². The summed E-state index contributed by atoms with van der Waals surface area (Å²) >= 11 is 6.31. The van der Waals surface area contributed by atoms with Crippen molar-refractivity contribution in [2.45, 2.75) is 18.7 Å². The highest BCUT2D eigenvalue weighted by atomic mass is 35.5. The minimum Gasteiger partial charge on any atom is -0.207 e. The lowest BCUT2D eigenvalue weighted by Crippen LogP contribution is -1.99. The summed E-state index contributed by atoms with van der Waals surface area (Å²) in [5.41, 5.74) is 2.52. The second kappa shape index (κ2) is 5.49. The largest absolute Gasteiger partial charge is 0.207 e. The van der Waals surface area contributed by atoms with E-state index in [0.29, 0.717) is 6.42 Å². The van der Waals surface area contributed by atoms with Crippen molar-refractivity contribution < 1.29 is 8.78 Å². The van der Waals surface area contributed by atoms with Crippen LogP contribution in [0.5, 0.6) is 0 Å². The van der Waals surface area contributed by atoms with Crippen LogP contribution in [0.25, 0.3) is 0 Å². The molecule has 2 aromatic carbocycles. The molecule has 94 valence electrons. The molecular weight excluding hydrogens is 254 g/mol. The maximum atomic E-state index is 13.1. The Bertz CT molecular complexity index is 552. The summed E-state index contributed by atoms with van der Waals surface area (Å²) in [5.74, 6) is -0.543. The van der Waals surface area contributed by atoms with Gasteiger partial charge in [-0.2, -0.15) is 0 Å². The number of halogens is 3. The first-order valence-electron chi connectivity index (χ1n) is 5.71. The average Bonchev–Trinajstić information content (AvgIpc) is 2.28. The highest BCUT2D eigenvalue weighted by Crippen LogP contribution is 2.28. The Morgan fingerprint density at radius 1 is 1.06 bits per heavy atom. The van der Waals surface area contributed by atoms with Crippen LogP contribution < -0.4 is 0 Å². The first-order valence-corrected chi connectivity index (χ1v) is 6.14. The summed E-state index contributed by atoms with van der Waals surface area (Å²) in [6, 6.07) is 10.9. The molecule has 0 amide bonds. The molecule has 18 heavy (non-hydrogen) atoms. The van der Waals surface area contributed by atoms with Crippen LogP contribution in [0.2, 0.25) is 0 Å². The van der Waals surface area contributed by atoms with Crippen LogP contribution in [0.4, 0.5) is 8.78 Å². The number of benzene rings is 2. The molecule has 0 aliphatic rings. The molecule has 0 saturated heterocycles. The van der Waals surface area contributed by atoms with E-state index in [-0.39, 0.29) is 17.0 Å². The van der Waals surface area contributed by atoms with Gasteiger partial charge in [-0.15, -0.1) is 11.6 Å². The molecule has 0 aliphatic heterocycles. The van der Waals surface area contributed by atoms with Crippen molar-refractivity contribution in [3.05, 3.63) is 70.8 Å². The Morgan fingerprint density at radius 2 is 1.78 bits per heavy atom. The molecular formula is C15H13ClF2. The third-order valence-corrected chi connectivity index (χ3v) is 3.26. The van der Waals surface area contributed by atoms with Crippen molar-refractivity contribution in [3.63, 3.8) is 0 Å². The highest BCUT2D eigenvalue weighted by Gasteiger charge is 2.12. The van der Waals surface area contributed by atoms with Crippen LogP contribution >= 0.6 is 11.6 Å². The Labute approximate surface area is 110 Å². The fraction of sp³-hybridized carbons (Fsp3) is 0.200. The van der Waals surface area contributed by atoms with Gasteiger partial charge in [0.05, 0.1) is 5.38 Å². The van der Waals surface area contributed by atoms with E-state index in [1.165, 1.54) is 24.3 Å². The molecule has 0 heterocycles. The van der Waals surface area contributed by atoms with Gasteiger partial charge in [-0.3, -0.25) is 0 Å². The van der Waals surface area contributed by atoms with Crippen LogP contribution in [0.15, 0.2) is 42.5 Å². The van der Waals surface area contributed by atoms with Gasteiger partial charge in [-0.1, -0.05) is 18.2 Å². The third-order valence-electron chi connectivity index (χ3n) is 2.87. The van der Waals surface area contributed by atoms with Crippen molar-refractivity contribution in [3.8, 4) is 0 Å². The SMILES string of the molecule is Cc1cc(F)ccc1C(Cl)Cc1cccc(F)c1. The van der Waals surface area contributed by atoms with Crippen LogP contribution in [0, 0.1) is 18.6 Å². The number of hydrogen-bond acceptors (Lipinski definition) is 0. The zero-order valence-corrected chi connectivity index (χ0v) is 10.7. The van der Waals surface area contributed by atoms with Gasteiger partial charge in [0.2, 0.25) is 0 Å². The molecule has 1 atom stereocenters. The normalized spacial score (nSPS) is 12.4. The fourth-order valence-electron chi connectivity index (χ4n) is 1.97.